The number of unbranched alkanes of at least 4 members (excludes halogenated alkanes) is 1. The molecule has 2 unspecified atom stereocenters. The van der Waals surface area contributed by atoms with Gasteiger partial charge in [0, 0.05) is 0 Å². The lowest BCUT2D eigenvalue weighted by Gasteiger charge is -2.30. The fourth-order valence-electron chi connectivity index (χ4n) is 2.61. The largest absolute Gasteiger partial charge is 0.465 e. The molecule has 0 saturated heterocycles. The van der Waals surface area contributed by atoms with E-state index in [-0.39, 0.29) is 31.7 Å². The number of esters is 2. The predicted molar refractivity (Wildman–Crippen MR) is 101 cm³/mol. The van der Waals surface area contributed by atoms with Crippen LogP contribution in [-0.2, 0) is 14.3 Å². The highest BCUT2D eigenvalue weighted by Gasteiger charge is 2.32. The van der Waals surface area contributed by atoms with E-state index in [9.17, 15) is 14.7 Å². The number of carbonyl (C=O) groups is 2. The van der Waals surface area contributed by atoms with Crippen molar-refractivity contribution in [3.8, 4) is 0 Å². The van der Waals surface area contributed by atoms with Gasteiger partial charge in [0.05, 0.1) is 23.5 Å². The molecule has 0 spiro atoms. The molecule has 5 nitrogen and oxygen atoms in total. The van der Waals surface area contributed by atoms with Crippen molar-refractivity contribution in [1.82, 2.24) is 0 Å². The second-order valence-electron chi connectivity index (χ2n) is 6.81. The first-order valence-corrected chi connectivity index (χ1v) is 9.51. The molecule has 5 heteroatoms. The van der Waals surface area contributed by atoms with Crippen LogP contribution in [0.4, 0.5) is 0 Å². The number of carbonyl (C=O) groups excluding carboxylic acids is 2. The standard InChI is InChI=1S/C21H32O5/c1-4-7-11-17(5-2)19(23)25-15-21(6-3,14-22)16-26-20(24)18-12-9-8-10-13-18/h8-10,12-13,17,22H,4-7,11,14-16H2,1-3H3. The van der Waals surface area contributed by atoms with Gasteiger partial charge < -0.3 is 14.6 Å². The molecule has 0 aliphatic rings. The van der Waals surface area contributed by atoms with Crippen molar-refractivity contribution in [2.24, 2.45) is 11.3 Å². The van der Waals surface area contributed by atoms with E-state index in [1.54, 1.807) is 24.3 Å². The quantitative estimate of drug-likeness (QED) is 0.568. The lowest BCUT2D eigenvalue weighted by atomic mass is 9.88. The van der Waals surface area contributed by atoms with Crippen LogP contribution in [0.3, 0.4) is 0 Å². The van der Waals surface area contributed by atoms with E-state index in [1.807, 2.05) is 19.9 Å². The number of ether oxygens (including phenoxy) is 2. The smallest absolute Gasteiger partial charge is 0.338 e. The Morgan fingerprint density at radius 1 is 1.08 bits per heavy atom. The van der Waals surface area contributed by atoms with Crippen molar-refractivity contribution < 1.29 is 24.2 Å². The molecule has 146 valence electrons. The summed E-state index contributed by atoms with van der Waals surface area (Å²) in [4.78, 5) is 24.4. The summed E-state index contributed by atoms with van der Waals surface area (Å²) in [6, 6.07) is 8.70. The van der Waals surface area contributed by atoms with Crippen LogP contribution in [0.25, 0.3) is 0 Å². The molecule has 0 bridgehead atoms. The van der Waals surface area contributed by atoms with Crippen molar-refractivity contribution in [1.29, 1.82) is 0 Å². The molecule has 0 fully saturated rings. The van der Waals surface area contributed by atoms with Gasteiger partial charge in [-0.25, -0.2) is 4.79 Å². The third kappa shape index (κ3) is 6.79. The molecule has 0 aliphatic heterocycles. The molecule has 0 aliphatic carbocycles. The summed E-state index contributed by atoms with van der Waals surface area (Å²) in [6.07, 6.45) is 4.10. The van der Waals surface area contributed by atoms with Gasteiger partial charge in [0.1, 0.15) is 13.2 Å². The predicted octanol–water partition coefficient (Wildman–Crippen LogP) is 3.99. The van der Waals surface area contributed by atoms with Crippen LogP contribution in [-0.4, -0.2) is 36.9 Å². The van der Waals surface area contributed by atoms with Crippen molar-refractivity contribution in [2.45, 2.75) is 52.9 Å². The Bertz CT molecular complexity index is 537. The molecule has 0 amide bonds. The Kier molecular flexibility index (Phi) is 9.96. The van der Waals surface area contributed by atoms with E-state index >= 15 is 0 Å². The summed E-state index contributed by atoms with van der Waals surface area (Å²) >= 11 is 0. The molecule has 1 N–H and O–H groups in total. The molecular weight excluding hydrogens is 332 g/mol. The van der Waals surface area contributed by atoms with Crippen LogP contribution in [0.5, 0.6) is 0 Å². The highest BCUT2D eigenvalue weighted by molar-refractivity contribution is 5.89. The maximum absolute atomic E-state index is 12.3. The first kappa shape index (κ1) is 22.2. The van der Waals surface area contributed by atoms with Crippen LogP contribution in [0, 0.1) is 11.3 Å². The second kappa shape index (κ2) is 11.7. The number of aliphatic hydroxyl groups is 1. The third-order valence-corrected chi connectivity index (χ3v) is 4.86. The average Bonchev–Trinajstić information content (AvgIpc) is 2.69. The van der Waals surface area contributed by atoms with E-state index in [0.717, 1.165) is 25.7 Å². The van der Waals surface area contributed by atoms with Crippen molar-refractivity contribution in [2.75, 3.05) is 19.8 Å². The molecule has 0 saturated carbocycles. The fourth-order valence-corrected chi connectivity index (χ4v) is 2.61. The Morgan fingerprint density at radius 2 is 1.73 bits per heavy atom. The normalized spacial score (nSPS) is 14.3. The van der Waals surface area contributed by atoms with Crippen molar-refractivity contribution >= 4 is 11.9 Å². The van der Waals surface area contributed by atoms with E-state index in [4.69, 9.17) is 9.47 Å². The van der Waals surface area contributed by atoms with Crippen LogP contribution < -0.4 is 0 Å². The van der Waals surface area contributed by atoms with E-state index in [0.29, 0.717) is 12.0 Å². The minimum absolute atomic E-state index is 0.00671. The first-order chi connectivity index (χ1) is 12.5. The minimum atomic E-state index is -0.775. The average molecular weight is 364 g/mol. The Morgan fingerprint density at radius 3 is 2.27 bits per heavy atom. The molecule has 26 heavy (non-hydrogen) atoms. The van der Waals surface area contributed by atoms with Crippen LogP contribution >= 0.6 is 0 Å². The van der Waals surface area contributed by atoms with E-state index < -0.39 is 11.4 Å². The zero-order chi connectivity index (χ0) is 19.4. The minimum Gasteiger partial charge on any atom is -0.465 e. The first-order valence-electron chi connectivity index (χ1n) is 9.51. The third-order valence-electron chi connectivity index (χ3n) is 4.86. The van der Waals surface area contributed by atoms with Gasteiger partial charge >= 0.3 is 11.9 Å². The van der Waals surface area contributed by atoms with E-state index in [2.05, 4.69) is 6.92 Å². The molecule has 0 aromatic heterocycles. The summed E-state index contributed by atoms with van der Waals surface area (Å²) < 4.78 is 10.9. The molecule has 1 aromatic rings. The van der Waals surface area contributed by atoms with Crippen molar-refractivity contribution in [3.63, 3.8) is 0 Å². The Balaban J connectivity index is 2.62. The summed E-state index contributed by atoms with van der Waals surface area (Å²) in [6.45, 7) is 5.78. The van der Waals surface area contributed by atoms with E-state index in [1.165, 1.54) is 0 Å². The molecule has 1 rings (SSSR count). The van der Waals surface area contributed by atoms with Gasteiger partial charge in [-0.3, -0.25) is 4.79 Å². The van der Waals surface area contributed by atoms with Gasteiger partial charge in [-0.05, 0) is 31.4 Å². The topological polar surface area (TPSA) is 72.8 Å². The zero-order valence-corrected chi connectivity index (χ0v) is 16.2. The molecule has 0 heterocycles. The highest BCUT2D eigenvalue weighted by Crippen LogP contribution is 2.24. The summed E-state index contributed by atoms with van der Waals surface area (Å²) in [7, 11) is 0. The van der Waals surface area contributed by atoms with Gasteiger partial charge in [0.2, 0.25) is 0 Å². The lowest BCUT2D eigenvalue weighted by Crippen LogP contribution is -2.38. The molecule has 1 aromatic carbocycles. The van der Waals surface area contributed by atoms with Crippen LogP contribution in [0.1, 0.15) is 63.2 Å². The van der Waals surface area contributed by atoms with Crippen molar-refractivity contribution in [3.05, 3.63) is 35.9 Å². The Hall–Kier alpha value is -1.88. The molecule has 0 radical (unpaired) electrons. The van der Waals surface area contributed by atoms with Gasteiger partial charge in [0.25, 0.3) is 0 Å². The number of benzene rings is 1. The van der Waals surface area contributed by atoms with Gasteiger partial charge in [0.15, 0.2) is 0 Å². The van der Waals surface area contributed by atoms with Gasteiger partial charge in [-0.2, -0.15) is 0 Å². The van der Waals surface area contributed by atoms with Crippen LogP contribution in [0.2, 0.25) is 0 Å². The Labute approximate surface area is 156 Å². The maximum Gasteiger partial charge on any atom is 0.338 e. The molecular formula is C21H32O5. The van der Waals surface area contributed by atoms with Crippen LogP contribution in [0.15, 0.2) is 30.3 Å². The summed E-state index contributed by atoms with van der Waals surface area (Å²) in [5.41, 5.74) is -0.318. The number of rotatable bonds is 12. The SMILES string of the molecule is CCCCC(CC)C(=O)OCC(CC)(CO)COC(=O)c1ccccc1. The number of aliphatic hydroxyl groups excluding tert-OH is 1. The monoisotopic (exact) mass is 364 g/mol. The zero-order valence-electron chi connectivity index (χ0n) is 16.2. The maximum atomic E-state index is 12.3. The van der Waals surface area contributed by atoms with Gasteiger partial charge in [-0.1, -0.05) is 51.8 Å². The number of hydrogen-bond donors (Lipinski definition) is 1. The summed E-state index contributed by atoms with van der Waals surface area (Å²) in [5.74, 6) is -0.797. The van der Waals surface area contributed by atoms with Gasteiger partial charge in [-0.15, -0.1) is 0 Å². The number of hydrogen-bond acceptors (Lipinski definition) is 5. The highest BCUT2D eigenvalue weighted by atomic mass is 16.5. The lowest BCUT2D eigenvalue weighted by molar-refractivity contribution is -0.155. The fraction of sp³-hybridized carbons (Fsp3) is 0.619. The summed E-state index contributed by atoms with van der Waals surface area (Å²) in [5, 5.41) is 9.83. The molecule has 2 atom stereocenters. The second-order valence-corrected chi connectivity index (χ2v) is 6.81.